The Labute approximate surface area is 218 Å². The van der Waals surface area contributed by atoms with Crippen molar-refractivity contribution in [1.29, 1.82) is 0 Å². The number of carbonyl (C=O) groups is 1. The number of aromatic nitrogens is 3. The van der Waals surface area contributed by atoms with Crippen LogP contribution < -0.4 is 10.6 Å². The van der Waals surface area contributed by atoms with Crippen LogP contribution in [0.1, 0.15) is 40.0 Å². The first-order valence-corrected chi connectivity index (χ1v) is 12.9. The Hall–Kier alpha value is -3.86. The molecule has 4 aromatic rings. The quantitative estimate of drug-likeness (QED) is 0.375. The van der Waals surface area contributed by atoms with Crippen LogP contribution in [0.4, 0.5) is 15.9 Å². The van der Waals surface area contributed by atoms with E-state index in [0.29, 0.717) is 55.6 Å². The van der Waals surface area contributed by atoms with Crippen LogP contribution in [0, 0.1) is 5.82 Å². The summed E-state index contributed by atoms with van der Waals surface area (Å²) >= 11 is 0. The zero-order valence-corrected chi connectivity index (χ0v) is 20.7. The minimum atomic E-state index is -0.347. The fourth-order valence-corrected chi connectivity index (χ4v) is 6.31. The van der Waals surface area contributed by atoms with Crippen molar-refractivity contribution >= 4 is 23.1 Å². The molecule has 1 fully saturated rings. The number of nitrogens with one attached hydrogen (secondary N) is 2. The van der Waals surface area contributed by atoms with E-state index in [1.165, 1.54) is 17.7 Å². The summed E-state index contributed by atoms with van der Waals surface area (Å²) in [7, 11) is 0. The number of β-amino-alcohol motifs (C(OH)–C–C–N with tert-alkyl or cyclic N) is 1. The van der Waals surface area contributed by atoms with Crippen molar-refractivity contribution < 1.29 is 19.0 Å². The third-order valence-corrected chi connectivity index (χ3v) is 8.09. The SMILES string of the molecule is O=C1NCc2c(-c3cnc4cc(F)ccn34)ccc(Nc3ccc4c(n3)CN(CCO)C43CCOCC3)c21. The standard InChI is InChI=1S/C28H27FN6O3/c29-17-5-8-35-23(15-30-25(35)13-17)18-1-3-21(26-19(18)14-31-27(26)37)32-24-4-2-20-22(33-24)16-34(9-10-36)28(20)6-11-38-12-7-28/h1-5,8,13,15,36H,6-7,9-12,14,16H2,(H,31,37)(H,32,33). The predicted molar refractivity (Wildman–Crippen MR) is 139 cm³/mol. The fraction of sp³-hybridized carbons (Fsp3) is 0.321. The van der Waals surface area contributed by atoms with Crippen LogP contribution >= 0.6 is 0 Å². The zero-order chi connectivity index (χ0) is 25.9. The number of amides is 1. The number of nitrogens with zero attached hydrogens (tertiary/aromatic N) is 4. The van der Waals surface area contributed by atoms with E-state index in [9.17, 15) is 14.3 Å². The van der Waals surface area contributed by atoms with Crippen molar-refractivity contribution in [3.05, 3.63) is 77.0 Å². The molecule has 3 aromatic heterocycles. The molecule has 0 radical (unpaired) electrons. The van der Waals surface area contributed by atoms with Crippen LogP contribution in [0.15, 0.2) is 48.8 Å². The lowest BCUT2D eigenvalue weighted by molar-refractivity contribution is -0.0302. The van der Waals surface area contributed by atoms with Gasteiger partial charge in [0.1, 0.15) is 17.3 Å². The maximum absolute atomic E-state index is 13.7. The number of pyridine rings is 2. The van der Waals surface area contributed by atoms with Gasteiger partial charge in [-0.2, -0.15) is 0 Å². The first-order valence-electron chi connectivity index (χ1n) is 12.9. The van der Waals surface area contributed by atoms with E-state index in [1.807, 2.05) is 22.6 Å². The molecular formula is C28H27FN6O3. The number of fused-ring (bicyclic) bond motifs is 4. The maximum atomic E-state index is 13.7. The first-order chi connectivity index (χ1) is 18.6. The molecule has 9 nitrogen and oxygen atoms in total. The number of imidazole rings is 1. The average molecular weight is 515 g/mol. The van der Waals surface area contributed by atoms with E-state index in [-0.39, 0.29) is 23.9 Å². The Morgan fingerprint density at radius 2 is 2.05 bits per heavy atom. The monoisotopic (exact) mass is 514 g/mol. The largest absolute Gasteiger partial charge is 0.395 e. The van der Waals surface area contributed by atoms with Crippen molar-refractivity contribution in [3.8, 4) is 11.3 Å². The van der Waals surface area contributed by atoms with Crippen LogP contribution in [0.3, 0.4) is 0 Å². The van der Waals surface area contributed by atoms with E-state index in [1.54, 1.807) is 12.4 Å². The third kappa shape index (κ3) is 3.52. The summed E-state index contributed by atoms with van der Waals surface area (Å²) in [6, 6.07) is 10.7. The highest BCUT2D eigenvalue weighted by molar-refractivity contribution is 6.06. The van der Waals surface area contributed by atoms with E-state index in [2.05, 4.69) is 26.6 Å². The average Bonchev–Trinajstić information content (AvgIpc) is 3.60. The Balaban J connectivity index is 1.24. The van der Waals surface area contributed by atoms with Gasteiger partial charge in [-0.15, -0.1) is 0 Å². The van der Waals surface area contributed by atoms with Crippen LogP contribution in [0.5, 0.6) is 0 Å². The summed E-state index contributed by atoms with van der Waals surface area (Å²) < 4.78 is 21.1. The van der Waals surface area contributed by atoms with Crippen molar-refractivity contribution in [2.75, 3.05) is 31.7 Å². The second-order valence-electron chi connectivity index (χ2n) is 10.0. The van der Waals surface area contributed by atoms with Crippen molar-refractivity contribution in [1.82, 2.24) is 24.6 Å². The molecule has 6 heterocycles. The topological polar surface area (TPSA) is 104 Å². The number of hydrogen-bond donors (Lipinski definition) is 3. The summed E-state index contributed by atoms with van der Waals surface area (Å²) in [5.41, 5.74) is 6.31. The van der Waals surface area contributed by atoms with Crippen molar-refractivity contribution in [2.24, 2.45) is 0 Å². The Morgan fingerprint density at radius 1 is 1.18 bits per heavy atom. The molecule has 0 saturated carbocycles. The number of ether oxygens (including phenoxy) is 1. The second kappa shape index (κ2) is 8.87. The highest BCUT2D eigenvalue weighted by Crippen LogP contribution is 2.46. The van der Waals surface area contributed by atoms with E-state index in [4.69, 9.17) is 9.72 Å². The van der Waals surface area contributed by atoms with Gasteiger partial charge in [-0.05, 0) is 42.2 Å². The minimum absolute atomic E-state index is 0.0940. The molecule has 3 aliphatic heterocycles. The highest BCUT2D eigenvalue weighted by Gasteiger charge is 2.46. The lowest BCUT2D eigenvalue weighted by Gasteiger charge is -2.41. The van der Waals surface area contributed by atoms with Crippen LogP contribution in [0.2, 0.25) is 0 Å². The van der Waals surface area contributed by atoms with E-state index < -0.39 is 0 Å². The molecule has 0 unspecified atom stereocenters. The molecule has 7 rings (SSSR count). The Kier molecular flexibility index (Phi) is 5.43. The molecule has 0 aliphatic carbocycles. The van der Waals surface area contributed by atoms with E-state index in [0.717, 1.165) is 35.4 Å². The number of rotatable bonds is 5. The zero-order valence-electron chi connectivity index (χ0n) is 20.7. The van der Waals surface area contributed by atoms with Crippen LogP contribution in [-0.4, -0.2) is 56.6 Å². The third-order valence-electron chi connectivity index (χ3n) is 8.09. The van der Waals surface area contributed by atoms with Gasteiger partial charge in [-0.25, -0.2) is 14.4 Å². The lowest BCUT2D eigenvalue weighted by atomic mass is 9.83. The minimum Gasteiger partial charge on any atom is -0.395 e. The second-order valence-corrected chi connectivity index (χ2v) is 10.0. The molecule has 3 N–H and O–H groups in total. The van der Waals surface area contributed by atoms with Crippen molar-refractivity contribution in [2.45, 2.75) is 31.5 Å². The van der Waals surface area contributed by atoms with Crippen LogP contribution in [0.25, 0.3) is 16.9 Å². The molecule has 38 heavy (non-hydrogen) atoms. The Morgan fingerprint density at radius 3 is 2.89 bits per heavy atom. The predicted octanol–water partition coefficient (Wildman–Crippen LogP) is 3.34. The van der Waals surface area contributed by atoms with Gasteiger partial charge in [0.05, 0.1) is 41.0 Å². The smallest absolute Gasteiger partial charge is 0.254 e. The summed E-state index contributed by atoms with van der Waals surface area (Å²) in [6.07, 6.45) is 5.10. The summed E-state index contributed by atoms with van der Waals surface area (Å²) in [6.45, 7) is 3.12. The number of anilines is 2. The molecule has 1 aromatic carbocycles. The summed E-state index contributed by atoms with van der Waals surface area (Å²) in [5, 5.41) is 16.0. The van der Waals surface area contributed by atoms with Gasteiger partial charge in [0.25, 0.3) is 5.91 Å². The molecule has 0 atom stereocenters. The van der Waals surface area contributed by atoms with Crippen LogP contribution in [-0.2, 0) is 23.4 Å². The lowest BCUT2D eigenvalue weighted by Crippen LogP contribution is -2.46. The molecule has 10 heteroatoms. The molecule has 1 amide bonds. The molecule has 3 aliphatic rings. The molecule has 0 bridgehead atoms. The normalized spacial score (nSPS) is 18.1. The number of aliphatic hydroxyl groups is 1. The number of hydrogen-bond acceptors (Lipinski definition) is 7. The van der Waals surface area contributed by atoms with Crippen molar-refractivity contribution in [3.63, 3.8) is 0 Å². The number of carbonyl (C=O) groups excluding carboxylic acids is 1. The first kappa shape index (κ1) is 23.3. The Bertz CT molecular complexity index is 1580. The summed E-state index contributed by atoms with van der Waals surface area (Å²) in [5.74, 6) is 0.165. The fourth-order valence-electron chi connectivity index (χ4n) is 6.31. The molecule has 1 saturated heterocycles. The van der Waals surface area contributed by atoms with Gasteiger partial charge in [0.15, 0.2) is 0 Å². The molecular weight excluding hydrogens is 487 g/mol. The number of aliphatic hydroxyl groups excluding tert-OH is 1. The van der Waals surface area contributed by atoms with Gasteiger partial charge >= 0.3 is 0 Å². The number of benzene rings is 1. The molecule has 194 valence electrons. The highest BCUT2D eigenvalue weighted by atomic mass is 19.1. The maximum Gasteiger partial charge on any atom is 0.254 e. The van der Waals surface area contributed by atoms with Gasteiger partial charge < -0.3 is 20.5 Å². The van der Waals surface area contributed by atoms with Gasteiger partial charge in [0, 0.05) is 50.7 Å². The van der Waals surface area contributed by atoms with Gasteiger partial charge in [-0.3, -0.25) is 14.1 Å². The van der Waals surface area contributed by atoms with Gasteiger partial charge in [0.2, 0.25) is 0 Å². The van der Waals surface area contributed by atoms with E-state index >= 15 is 0 Å². The summed E-state index contributed by atoms with van der Waals surface area (Å²) in [4.78, 5) is 24.5. The number of halogens is 1. The molecule has 1 spiro atoms. The van der Waals surface area contributed by atoms with Gasteiger partial charge in [-0.1, -0.05) is 12.1 Å².